The smallest absolute Gasteiger partial charge is 0.323 e. The molecule has 0 aliphatic carbocycles. The zero-order chi connectivity index (χ0) is 26.9. The third-order valence-electron chi connectivity index (χ3n) is 6.90. The van der Waals surface area contributed by atoms with Crippen LogP contribution in [-0.4, -0.2) is 17.1 Å². The van der Waals surface area contributed by atoms with Gasteiger partial charge in [-0.05, 0) is 46.4 Å². The van der Waals surface area contributed by atoms with E-state index in [1.54, 1.807) is 12.1 Å². The Balaban J connectivity index is 1.60. The highest BCUT2D eigenvalue weighted by Gasteiger charge is 2.40. The molecule has 0 aliphatic heterocycles. The van der Waals surface area contributed by atoms with E-state index < -0.39 is 11.6 Å². The van der Waals surface area contributed by atoms with Gasteiger partial charge >= 0.3 is 5.97 Å². The fourth-order valence-electron chi connectivity index (χ4n) is 4.97. The van der Waals surface area contributed by atoms with Crippen molar-refractivity contribution >= 4 is 5.97 Å². The standard InChI is InChI=1S/C35H31NO3/c37-32-23-21-27(22-24-32)25-33(34(38)39-26-28-13-5-1-6-14-28)36-35(29-15-7-2-8-16-29,30-17-9-3-10-18-30)31-19-11-4-12-20-31/h1-24,33,36-37H,25-26H2/t33-/m0/s1. The van der Waals surface area contributed by atoms with E-state index in [9.17, 15) is 9.90 Å². The maximum absolute atomic E-state index is 13.8. The van der Waals surface area contributed by atoms with Crippen molar-refractivity contribution in [3.05, 3.63) is 173 Å². The predicted octanol–water partition coefficient (Wildman–Crippen LogP) is 6.63. The van der Waals surface area contributed by atoms with Gasteiger partial charge in [0.25, 0.3) is 0 Å². The molecule has 5 aromatic rings. The number of rotatable bonds is 10. The molecule has 4 heteroatoms. The van der Waals surface area contributed by atoms with Crippen molar-refractivity contribution in [2.75, 3.05) is 0 Å². The largest absolute Gasteiger partial charge is 0.508 e. The number of aromatic hydroxyl groups is 1. The molecule has 1 atom stereocenters. The first-order chi connectivity index (χ1) is 19.1. The van der Waals surface area contributed by atoms with E-state index in [1.165, 1.54) is 0 Å². The van der Waals surface area contributed by atoms with E-state index in [0.717, 1.165) is 27.8 Å². The van der Waals surface area contributed by atoms with Gasteiger partial charge in [-0.1, -0.05) is 133 Å². The van der Waals surface area contributed by atoms with Gasteiger partial charge in [0.1, 0.15) is 18.4 Å². The van der Waals surface area contributed by atoms with Crippen molar-refractivity contribution in [3.63, 3.8) is 0 Å². The average molecular weight is 514 g/mol. The Bertz CT molecular complexity index is 1360. The Labute approximate surface area is 229 Å². The number of hydrogen-bond acceptors (Lipinski definition) is 4. The van der Waals surface area contributed by atoms with Crippen LogP contribution in [0.4, 0.5) is 0 Å². The molecule has 0 spiro atoms. The second-order valence-corrected chi connectivity index (χ2v) is 9.51. The van der Waals surface area contributed by atoms with Crippen molar-refractivity contribution in [1.82, 2.24) is 5.32 Å². The van der Waals surface area contributed by atoms with Gasteiger partial charge in [0.2, 0.25) is 0 Å². The first-order valence-corrected chi connectivity index (χ1v) is 13.1. The lowest BCUT2D eigenvalue weighted by molar-refractivity contribution is -0.148. The van der Waals surface area contributed by atoms with Gasteiger partial charge in [0.15, 0.2) is 0 Å². The lowest BCUT2D eigenvalue weighted by Gasteiger charge is -2.39. The number of hydrogen-bond donors (Lipinski definition) is 2. The highest BCUT2D eigenvalue weighted by Crippen LogP contribution is 2.37. The van der Waals surface area contributed by atoms with Gasteiger partial charge in [0, 0.05) is 0 Å². The minimum Gasteiger partial charge on any atom is -0.508 e. The molecule has 0 fully saturated rings. The fourth-order valence-corrected chi connectivity index (χ4v) is 4.97. The summed E-state index contributed by atoms with van der Waals surface area (Å²) in [7, 11) is 0. The molecule has 5 rings (SSSR count). The molecule has 2 N–H and O–H groups in total. The van der Waals surface area contributed by atoms with Crippen LogP contribution in [-0.2, 0) is 28.1 Å². The van der Waals surface area contributed by atoms with Gasteiger partial charge in [-0.3, -0.25) is 10.1 Å². The Morgan fingerprint density at radius 3 is 1.51 bits per heavy atom. The molecule has 0 aromatic heterocycles. The molecule has 0 aliphatic rings. The molecular formula is C35H31NO3. The first-order valence-electron chi connectivity index (χ1n) is 13.1. The summed E-state index contributed by atoms with van der Waals surface area (Å²) in [5.41, 5.74) is 4.02. The quantitative estimate of drug-likeness (QED) is 0.163. The molecule has 5 aromatic carbocycles. The summed E-state index contributed by atoms with van der Waals surface area (Å²) in [5.74, 6) is -0.166. The summed E-state index contributed by atoms with van der Waals surface area (Å²) >= 11 is 0. The van der Waals surface area contributed by atoms with Gasteiger partial charge in [-0.25, -0.2) is 0 Å². The summed E-state index contributed by atoms with van der Waals surface area (Å²) in [5, 5.41) is 13.6. The van der Waals surface area contributed by atoms with E-state index in [0.29, 0.717) is 6.42 Å². The van der Waals surface area contributed by atoms with Crippen LogP contribution < -0.4 is 5.32 Å². The fraction of sp³-hybridized carbons (Fsp3) is 0.114. The number of carbonyl (C=O) groups is 1. The molecule has 0 amide bonds. The molecule has 0 saturated carbocycles. The van der Waals surface area contributed by atoms with Crippen LogP contribution >= 0.6 is 0 Å². The molecule has 194 valence electrons. The number of nitrogens with one attached hydrogen (secondary N) is 1. The zero-order valence-electron chi connectivity index (χ0n) is 21.6. The maximum atomic E-state index is 13.8. The second-order valence-electron chi connectivity index (χ2n) is 9.51. The molecule has 0 heterocycles. The third-order valence-corrected chi connectivity index (χ3v) is 6.90. The minimum atomic E-state index is -0.836. The molecule has 0 bridgehead atoms. The third kappa shape index (κ3) is 6.08. The second kappa shape index (κ2) is 12.2. The van der Waals surface area contributed by atoms with Gasteiger partial charge in [0.05, 0.1) is 5.54 Å². The molecule has 0 saturated heterocycles. The van der Waals surface area contributed by atoms with Crippen molar-refractivity contribution in [2.45, 2.75) is 24.6 Å². The van der Waals surface area contributed by atoms with Crippen molar-refractivity contribution < 1.29 is 14.6 Å². The van der Waals surface area contributed by atoms with Crippen LogP contribution in [0.25, 0.3) is 0 Å². The summed E-state index contributed by atoms with van der Waals surface area (Å²) in [6.07, 6.45) is 0.377. The number of benzene rings is 5. The van der Waals surface area contributed by atoms with Crippen LogP contribution in [0.1, 0.15) is 27.8 Å². The van der Waals surface area contributed by atoms with Gasteiger partial charge in [-0.15, -0.1) is 0 Å². The number of esters is 1. The predicted molar refractivity (Wildman–Crippen MR) is 154 cm³/mol. The van der Waals surface area contributed by atoms with Crippen LogP contribution in [0.3, 0.4) is 0 Å². The number of phenols is 1. The summed E-state index contributed by atoms with van der Waals surface area (Å²) in [6, 6.07) is 46.5. The summed E-state index contributed by atoms with van der Waals surface area (Å²) < 4.78 is 5.89. The van der Waals surface area contributed by atoms with E-state index in [-0.39, 0.29) is 18.3 Å². The monoisotopic (exact) mass is 513 g/mol. The Morgan fingerprint density at radius 2 is 1.05 bits per heavy atom. The SMILES string of the molecule is O=C(OCc1ccccc1)[C@H](Cc1ccc(O)cc1)NC(c1ccccc1)(c1ccccc1)c1ccccc1. The van der Waals surface area contributed by atoms with E-state index in [1.807, 2.05) is 97.1 Å². The van der Waals surface area contributed by atoms with E-state index in [2.05, 4.69) is 41.7 Å². The Hall–Kier alpha value is -4.67. The molecular weight excluding hydrogens is 482 g/mol. The number of phenolic OH excluding ortho intramolecular Hbond substituents is 1. The lowest BCUT2D eigenvalue weighted by atomic mass is 9.76. The van der Waals surface area contributed by atoms with Crippen molar-refractivity contribution in [3.8, 4) is 5.75 Å². The topological polar surface area (TPSA) is 58.6 Å². The number of carbonyl (C=O) groups excluding carboxylic acids is 1. The highest BCUT2D eigenvalue weighted by molar-refractivity contribution is 5.77. The van der Waals surface area contributed by atoms with Crippen molar-refractivity contribution in [2.24, 2.45) is 0 Å². The minimum absolute atomic E-state index is 0.183. The van der Waals surface area contributed by atoms with E-state index in [4.69, 9.17) is 4.74 Å². The normalized spacial score (nSPS) is 12.0. The molecule has 4 nitrogen and oxygen atoms in total. The Morgan fingerprint density at radius 1 is 0.615 bits per heavy atom. The van der Waals surface area contributed by atoms with Crippen LogP contribution in [0.15, 0.2) is 146 Å². The molecule has 39 heavy (non-hydrogen) atoms. The maximum Gasteiger partial charge on any atom is 0.323 e. The summed E-state index contributed by atoms with van der Waals surface area (Å²) in [4.78, 5) is 13.8. The van der Waals surface area contributed by atoms with Gasteiger partial charge in [-0.2, -0.15) is 0 Å². The summed E-state index contributed by atoms with van der Waals surface area (Å²) in [6.45, 7) is 0.183. The van der Waals surface area contributed by atoms with E-state index >= 15 is 0 Å². The van der Waals surface area contributed by atoms with Crippen LogP contribution in [0.5, 0.6) is 5.75 Å². The highest BCUT2D eigenvalue weighted by atomic mass is 16.5. The lowest BCUT2D eigenvalue weighted by Crippen LogP contribution is -2.53. The molecule has 0 unspecified atom stereocenters. The number of ether oxygens (including phenoxy) is 1. The average Bonchev–Trinajstić information content (AvgIpc) is 3.01. The first kappa shape index (κ1) is 26.0. The zero-order valence-corrected chi connectivity index (χ0v) is 21.6. The van der Waals surface area contributed by atoms with Crippen LogP contribution in [0.2, 0.25) is 0 Å². The van der Waals surface area contributed by atoms with Gasteiger partial charge < -0.3 is 9.84 Å². The van der Waals surface area contributed by atoms with Crippen molar-refractivity contribution in [1.29, 1.82) is 0 Å². The molecule has 0 radical (unpaired) electrons. The Kier molecular flexibility index (Phi) is 8.15. The van der Waals surface area contributed by atoms with Crippen LogP contribution in [0, 0.1) is 0 Å².